The molecule has 136 valence electrons. The third kappa shape index (κ3) is 4.16. The van der Waals surface area contributed by atoms with Gasteiger partial charge in [0.05, 0.1) is 12.9 Å². The summed E-state index contributed by atoms with van der Waals surface area (Å²) in [5.41, 5.74) is 0.472. The van der Waals surface area contributed by atoms with Crippen molar-refractivity contribution in [2.75, 3.05) is 24.2 Å². The van der Waals surface area contributed by atoms with E-state index in [0.717, 1.165) is 11.4 Å². The molecule has 0 spiro atoms. The molecule has 0 saturated carbocycles. The van der Waals surface area contributed by atoms with Crippen LogP contribution in [-0.4, -0.2) is 39.3 Å². The molecule has 0 aliphatic heterocycles. The summed E-state index contributed by atoms with van der Waals surface area (Å²) in [7, 11) is -1.22. The first-order valence-electron chi connectivity index (χ1n) is 7.47. The van der Waals surface area contributed by atoms with Gasteiger partial charge in [-0.15, -0.1) is 0 Å². The zero-order valence-corrected chi connectivity index (χ0v) is 15.1. The van der Waals surface area contributed by atoms with Crippen LogP contribution in [0, 0.1) is 11.7 Å². The largest absolute Gasteiger partial charge is 0.463 e. The van der Waals surface area contributed by atoms with Crippen molar-refractivity contribution >= 4 is 22.0 Å². The number of methoxy groups -OCH3 is 1. The number of hydrogen-bond donors (Lipinski definition) is 0. The molecule has 0 bridgehead atoms. The van der Waals surface area contributed by atoms with Crippen LogP contribution in [-0.2, 0) is 14.8 Å². The molecule has 0 saturated heterocycles. The fourth-order valence-electron chi connectivity index (χ4n) is 2.13. The molecule has 0 fully saturated rings. The Bertz CT molecular complexity index is 859. The highest BCUT2D eigenvalue weighted by molar-refractivity contribution is 7.92. The lowest BCUT2D eigenvalue weighted by atomic mass is 10.1. The van der Waals surface area contributed by atoms with E-state index < -0.39 is 21.8 Å². The van der Waals surface area contributed by atoms with E-state index >= 15 is 0 Å². The molecule has 0 aliphatic carbocycles. The van der Waals surface area contributed by atoms with Crippen molar-refractivity contribution in [3.05, 3.63) is 35.8 Å². The Morgan fingerprint density at radius 2 is 1.92 bits per heavy atom. The summed E-state index contributed by atoms with van der Waals surface area (Å²) in [6.07, 6.45) is 0. The zero-order valence-electron chi connectivity index (χ0n) is 14.3. The highest BCUT2D eigenvalue weighted by Gasteiger charge is 2.29. The first-order chi connectivity index (χ1) is 11.7. The van der Waals surface area contributed by atoms with Gasteiger partial charge in [0.15, 0.2) is 0 Å². The Hall–Kier alpha value is -2.42. The normalized spacial score (nSPS) is 11.6. The minimum Gasteiger partial charge on any atom is -0.463 e. The number of carbonyl (C=O) groups is 1. The summed E-state index contributed by atoms with van der Waals surface area (Å²) in [5.74, 6) is -1.73. The van der Waals surface area contributed by atoms with Crippen LogP contribution in [0.1, 0.15) is 24.4 Å². The lowest BCUT2D eigenvalue weighted by molar-refractivity contribution is 0.0567. The number of hydrogen-bond acceptors (Lipinski definition) is 6. The van der Waals surface area contributed by atoms with Crippen molar-refractivity contribution in [1.82, 2.24) is 4.98 Å². The molecule has 9 heteroatoms. The Labute approximate surface area is 145 Å². The third-order valence-corrected chi connectivity index (χ3v) is 5.41. The molecule has 0 atom stereocenters. The van der Waals surface area contributed by atoms with Gasteiger partial charge in [-0.1, -0.05) is 13.8 Å². The second kappa shape index (κ2) is 7.22. The zero-order chi connectivity index (χ0) is 18.8. The lowest BCUT2D eigenvalue weighted by Crippen LogP contribution is -2.31. The molecular weight excluding hydrogens is 351 g/mol. The molecule has 7 nitrogen and oxygen atoms in total. The van der Waals surface area contributed by atoms with Gasteiger partial charge < -0.3 is 9.15 Å². The van der Waals surface area contributed by atoms with E-state index in [4.69, 9.17) is 4.42 Å². The number of carbonyl (C=O) groups excluding carboxylic acids is 1. The molecule has 25 heavy (non-hydrogen) atoms. The molecule has 1 aromatic heterocycles. The molecule has 2 aromatic rings. The van der Waals surface area contributed by atoms with Crippen LogP contribution in [0.2, 0.25) is 0 Å². The minimum atomic E-state index is -3.67. The summed E-state index contributed by atoms with van der Waals surface area (Å²) in [6.45, 7) is 3.54. The van der Waals surface area contributed by atoms with Crippen LogP contribution in [0.15, 0.2) is 28.7 Å². The number of halogens is 1. The van der Waals surface area contributed by atoms with E-state index in [9.17, 15) is 17.6 Å². The Morgan fingerprint density at radius 1 is 1.32 bits per heavy atom. The minimum absolute atomic E-state index is 0.0773. The van der Waals surface area contributed by atoms with Crippen LogP contribution >= 0.6 is 0 Å². The molecule has 0 amide bonds. The molecule has 1 heterocycles. The Balaban J connectivity index is 2.51. The molecular formula is C16H19FN2O5S. The van der Waals surface area contributed by atoms with Gasteiger partial charge in [-0.2, -0.15) is 4.98 Å². The van der Waals surface area contributed by atoms with E-state index in [2.05, 4.69) is 9.72 Å². The van der Waals surface area contributed by atoms with Gasteiger partial charge in [-0.25, -0.2) is 21.9 Å². The van der Waals surface area contributed by atoms with Gasteiger partial charge in [0, 0.05) is 12.6 Å². The number of benzene rings is 1. The van der Waals surface area contributed by atoms with Crippen molar-refractivity contribution in [2.45, 2.75) is 13.8 Å². The van der Waals surface area contributed by atoms with Gasteiger partial charge in [-0.3, -0.25) is 0 Å². The van der Waals surface area contributed by atoms with Crippen molar-refractivity contribution in [1.29, 1.82) is 0 Å². The van der Waals surface area contributed by atoms with Gasteiger partial charge >= 0.3 is 12.0 Å². The molecule has 0 aliphatic rings. The van der Waals surface area contributed by atoms with Crippen molar-refractivity contribution in [3.63, 3.8) is 0 Å². The number of rotatable bonds is 6. The SMILES string of the molecule is COC(=O)c1oc(N(C)S(=O)(=O)CC(C)C)nc1-c1ccc(F)cc1. The average molecular weight is 370 g/mol. The molecule has 0 radical (unpaired) electrons. The summed E-state index contributed by atoms with van der Waals surface area (Å²) in [5, 5.41) is 0. The van der Waals surface area contributed by atoms with E-state index in [1.54, 1.807) is 13.8 Å². The first-order valence-corrected chi connectivity index (χ1v) is 9.08. The van der Waals surface area contributed by atoms with E-state index in [1.807, 2.05) is 0 Å². The fraction of sp³-hybridized carbons (Fsp3) is 0.375. The average Bonchev–Trinajstić information content (AvgIpc) is 2.98. The Morgan fingerprint density at radius 3 is 2.44 bits per heavy atom. The molecule has 0 unspecified atom stereocenters. The topological polar surface area (TPSA) is 89.7 Å². The predicted octanol–water partition coefficient (Wildman–Crippen LogP) is 2.69. The quantitative estimate of drug-likeness (QED) is 0.726. The maximum absolute atomic E-state index is 13.1. The van der Waals surface area contributed by atoms with Crippen molar-refractivity contribution < 1.29 is 26.8 Å². The standard InChI is InChI=1S/C16H19FN2O5S/c1-10(2)9-25(21,22)19(3)16-18-13(14(24-16)15(20)23-4)11-5-7-12(17)8-6-11/h5-8,10H,9H2,1-4H3. The smallest absolute Gasteiger partial charge is 0.376 e. The molecule has 0 N–H and O–H groups in total. The molecule has 2 rings (SSSR count). The summed E-state index contributed by atoms with van der Waals surface area (Å²) >= 11 is 0. The number of oxazole rings is 1. The van der Waals surface area contributed by atoms with Crippen LogP contribution in [0.3, 0.4) is 0 Å². The van der Waals surface area contributed by atoms with E-state index in [-0.39, 0.29) is 29.1 Å². The van der Waals surface area contributed by atoms with Crippen LogP contribution < -0.4 is 4.31 Å². The maximum atomic E-state index is 13.1. The summed E-state index contributed by atoms with van der Waals surface area (Å²) < 4.78 is 48.7. The number of esters is 1. The Kier molecular flexibility index (Phi) is 5.46. The van der Waals surface area contributed by atoms with Gasteiger partial charge in [0.25, 0.3) is 0 Å². The number of aromatic nitrogens is 1. The maximum Gasteiger partial charge on any atom is 0.376 e. The first kappa shape index (κ1) is 18.9. The number of sulfonamides is 1. The summed E-state index contributed by atoms with van der Waals surface area (Å²) in [4.78, 5) is 16.0. The van der Waals surface area contributed by atoms with Crippen LogP contribution in [0.25, 0.3) is 11.3 Å². The number of nitrogens with zero attached hydrogens (tertiary/aromatic N) is 2. The van der Waals surface area contributed by atoms with Crippen molar-refractivity contribution in [2.24, 2.45) is 5.92 Å². The highest BCUT2D eigenvalue weighted by atomic mass is 32.2. The fourth-order valence-corrected chi connectivity index (χ4v) is 3.51. The van der Waals surface area contributed by atoms with Gasteiger partial charge in [0.2, 0.25) is 15.8 Å². The summed E-state index contributed by atoms with van der Waals surface area (Å²) in [6, 6.07) is 4.95. The monoisotopic (exact) mass is 370 g/mol. The lowest BCUT2D eigenvalue weighted by Gasteiger charge is -2.16. The van der Waals surface area contributed by atoms with E-state index in [0.29, 0.717) is 5.56 Å². The van der Waals surface area contributed by atoms with Crippen LogP contribution in [0.5, 0.6) is 0 Å². The highest BCUT2D eigenvalue weighted by Crippen LogP contribution is 2.29. The van der Waals surface area contributed by atoms with Gasteiger partial charge in [-0.05, 0) is 30.2 Å². The van der Waals surface area contributed by atoms with E-state index in [1.165, 1.54) is 31.3 Å². The second-order valence-electron chi connectivity index (χ2n) is 5.81. The number of anilines is 1. The van der Waals surface area contributed by atoms with Crippen LogP contribution in [0.4, 0.5) is 10.4 Å². The molecule has 1 aromatic carbocycles. The second-order valence-corrected chi connectivity index (χ2v) is 7.86. The predicted molar refractivity (Wildman–Crippen MR) is 90.3 cm³/mol. The third-order valence-electron chi connectivity index (χ3n) is 3.33. The number of ether oxygens (including phenoxy) is 1. The van der Waals surface area contributed by atoms with Gasteiger partial charge in [0.1, 0.15) is 11.5 Å². The van der Waals surface area contributed by atoms with Crippen molar-refractivity contribution in [3.8, 4) is 11.3 Å².